The van der Waals surface area contributed by atoms with Gasteiger partial charge in [-0.25, -0.2) is 4.79 Å². The highest BCUT2D eigenvalue weighted by atomic mass is 16.5. The van der Waals surface area contributed by atoms with Gasteiger partial charge in [0.2, 0.25) is 0 Å². The van der Waals surface area contributed by atoms with Crippen LogP contribution >= 0.6 is 0 Å². The lowest BCUT2D eigenvalue weighted by molar-refractivity contribution is 0.0730. The Morgan fingerprint density at radius 1 is 1.11 bits per heavy atom. The van der Waals surface area contributed by atoms with Crippen LogP contribution in [0, 0.1) is 0 Å². The highest BCUT2D eigenvalue weighted by Crippen LogP contribution is 2.39. The smallest absolute Gasteiger partial charge is 0.349 e. The topological polar surface area (TPSA) is 69.0 Å². The van der Waals surface area contributed by atoms with E-state index in [1.165, 1.54) is 0 Å². The zero-order valence-electron chi connectivity index (χ0n) is 15.8. The molecule has 0 unspecified atom stereocenters. The second kappa shape index (κ2) is 7.38. The minimum Gasteiger partial charge on any atom is -0.497 e. The van der Waals surface area contributed by atoms with Gasteiger partial charge in [-0.05, 0) is 43.2 Å². The van der Waals surface area contributed by atoms with Gasteiger partial charge in [-0.2, -0.15) is 0 Å². The number of methoxy groups -OCH3 is 2. The molecule has 0 N–H and O–H groups in total. The number of carbonyl (C=O) groups excluding carboxylic acids is 1. The fraction of sp³-hybridized carbons (Fsp3) is 0.273. The van der Waals surface area contributed by atoms with Crippen molar-refractivity contribution in [3.8, 4) is 11.5 Å². The molecule has 4 rings (SSSR count). The largest absolute Gasteiger partial charge is 0.497 e. The number of para-hydroxylation sites is 1. The molecule has 1 aliphatic heterocycles. The maximum atomic E-state index is 13.2. The molecule has 1 aliphatic rings. The van der Waals surface area contributed by atoms with Crippen molar-refractivity contribution in [2.75, 3.05) is 20.8 Å². The van der Waals surface area contributed by atoms with E-state index in [1.807, 2.05) is 30.3 Å². The van der Waals surface area contributed by atoms with Crippen molar-refractivity contribution in [1.82, 2.24) is 4.90 Å². The first-order valence-electron chi connectivity index (χ1n) is 9.18. The Labute approximate surface area is 162 Å². The third kappa shape index (κ3) is 3.11. The van der Waals surface area contributed by atoms with E-state index in [0.29, 0.717) is 23.6 Å². The predicted octanol–water partition coefficient (Wildman–Crippen LogP) is 3.79. The van der Waals surface area contributed by atoms with Crippen molar-refractivity contribution in [3.05, 3.63) is 70.1 Å². The van der Waals surface area contributed by atoms with Gasteiger partial charge in [0.05, 0.1) is 20.3 Å². The van der Waals surface area contributed by atoms with Crippen LogP contribution in [0.5, 0.6) is 11.5 Å². The molecule has 2 heterocycles. The molecule has 0 spiro atoms. The highest BCUT2D eigenvalue weighted by molar-refractivity contribution is 5.97. The first-order valence-corrected chi connectivity index (χ1v) is 9.18. The van der Waals surface area contributed by atoms with Gasteiger partial charge >= 0.3 is 5.63 Å². The van der Waals surface area contributed by atoms with E-state index in [-0.39, 0.29) is 17.5 Å². The summed E-state index contributed by atoms with van der Waals surface area (Å²) in [7, 11) is 3.20. The van der Waals surface area contributed by atoms with Crippen LogP contribution in [0.2, 0.25) is 0 Å². The van der Waals surface area contributed by atoms with E-state index in [0.717, 1.165) is 23.8 Å². The summed E-state index contributed by atoms with van der Waals surface area (Å²) in [5.74, 6) is 1.06. The van der Waals surface area contributed by atoms with Crippen LogP contribution in [0.15, 0.2) is 57.7 Å². The third-order valence-corrected chi connectivity index (χ3v) is 5.18. The number of rotatable bonds is 4. The maximum Gasteiger partial charge on any atom is 0.349 e. The molecular formula is C22H21NO5. The summed E-state index contributed by atoms with van der Waals surface area (Å²) in [6.45, 7) is 0.566. The molecule has 0 aliphatic carbocycles. The zero-order valence-corrected chi connectivity index (χ0v) is 15.8. The van der Waals surface area contributed by atoms with E-state index in [2.05, 4.69) is 0 Å². The lowest BCUT2D eigenvalue weighted by atomic mass is 10.0. The van der Waals surface area contributed by atoms with E-state index in [9.17, 15) is 9.59 Å². The number of hydrogen-bond donors (Lipinski definition) is 0. The number of nitrogens with zero attached hydrogens (tertiary/aromatic N) is 1. The van der Waals surface area contributed by atoms with E-state index in [4.69, 9.17) is 13.9 Å². The van der Waals surface area contributed by atoms with Crippen LogP contribution in [0.1, 0.15) is 34.8 Å². The minimum absolute atomic E-state index is 0.0486. The summed E-state index contributed by atoms with van der Waals surface area (Å²) in [5, 5.41) is 0.722. The Kier molecular flexibility index (Phi) is 4.77. The van der Waals surface area contributed by atoms with Crippen molar-refractivity contribution in [2.45, 2.75) is 18.9 Å². The first-order chi connectivity index (χ1) is 13.6. The summed E-state index contributed by atoms with van der Waals surface area (Å²) >= 11 is 0. The maximum absolute atomic E-state index is 13.2. The molecule has 6 heteroatoms. The van der Waals surface area contributed by atoms with Gasteiger partial charge in [-0.1, -0.05) is 18.2 Å². The van der Waals surface area contributed by atoms with Crippen molar-refractivity contribution < 1.29 is 18.7 Å². The SMILES string of the molecule is COc1ccc(OC)c([C@@H]2CCCN2C(=O)c2cc3ccccc3oc2=O)c1. The lowest BCUT2D eigenvalue weighted by Gasteiger charge is -2.26. The van der Waals surface area contributed by atoms with Gasteiger partial charge in [-0.3, -0.25) is 4.79 Å². The van der Waals surface area contributed by atoms with Crippen LogP contribution < -0.4 is 15.1 Å². The Bertz CT molecular complexity index is 1090. The summed E-state index contributed by atoms with van der Waals surface area (Å²) in [5.41, 5.74) is 0.772. The number of carbonyl (C=O) groups is 1. The Morgan fingerprint density at radius 3 is 2.71 bits per heavy atom. The van der Waals surface area contributed by atoms with Gasteiger partial charge in [0.1, 0.15) is 22.6 Å². The summed E-state index contributed by atoms with van der Waals surface area (Å²) < 4.78 is 16.2. The number of amides is 1. The second-order valence-corrected chi connectivity index (χ2v) is 6.75. The summed E-state index contributed by atoms with van der Waals surface area (Å²) in [4.78, 5) is 27.4. The molecule has 0 saturated carbocycles. The molecular weight excluding hydrogens is 358 g/mol. The van der Waals surface area contributed by atoms with Crippen molar-refractivity contribution in [3.63, 3.8) is 0 Å². The highest BCUT2D eigenvalue weighted by Gasteiger charge is 2.34. The van der Waals surface area contributed by atoms with E-state index >= 15 is 0 Å². The van der Waals surface area contributed by atoms with Gasteiger partial charge in [-0.15, -0.1) is 0 Å². The molecule has 1 saturated heterocycles. The van der Waals surface area contributed by atoms with Crippen molar-refractivity contribution >= 4 is 16.9 Å². The van der Waals surface area contributed by atoms with Gasteiger partial charge in [0.25, 0.3) is 5.91 Å². The number of fused-ring (bicyclic) bond motifs is 1. The van der Waals surface area contributed by atoms with Gasteiger partial charge in [0, 0.05) is 17.5 Å². The molecule has 1 atom stereocenters. The Hall–Kier alpha value is -3.28. The van der Waals surface area contributed by atoms with Crippen LogP contribution in [-0.2, 0) is 0 Å². The molecule has 0 radical (unpaired) electrons. The molecule has 0 bridgehead atoms. The van der Waals surface area contributed by atoms with Gasteiger partial charge < -0.3 is 18.8 Å². The predicted molar refractivity (Wildman–Crippen MR) is 105 cm³/mol. The molecule has 144 valence electrons. The number of likely N-dealkylation sites (tertiary alicyclic amines) is 1. The lowest BCUT2D eigenvalue weighted by Crippen LogP contribution is -2.33. The number of benzene rings is 2. The van der Waals surface area contributed by atoms with Crippen molar-refractivity contribution in [2.24, 2.45) is 0 Å². The average Bonchev–Trinajstić information content (AvgIpc) is 3.22. The summed E-state index contributed by atoms with van der Waals surface area (Å²) in [6, 6.07) is 14.1. The fourth-order valence-electron chi connectivity index (χ4n) is 3.80. The standard InChI is InChI=1S/C22H21NO5/c1-26-15-9-10-20(27-2)16(13-15)18-7-5-11-23(18)21(24)17-12-14-6-3-4-8-19(14)28-22(17)25/h3-4,6,8-10,12-13,18H,5,7,11H2,1-2H3/t18-/m0/s1. The monoisotopic (exact) mass is 379 g/mol. The first kappa shape index (κ1) is 18.1. The summed E-state index contributed by atoms with van der Waals surface area (Å²) in [6.07, 6.45) is 1.63. The van der Waals surface area contributed by atoms with Crippen LogP contribution in [0.3, 0.4) is 0 Å². The third-order valence-electron chi connectivity index (χ3n) is 5.18. The molecule has 2 aromatic carbocycles. The molecule has 1 aromatic heterocycles. The van der Waals surface area contributed by atoms with E-state index < -0.39 is 5.63 Å². The Balaban J connectivity index is 1.74. The number of hydrogen-bond acceptors (Lipinski definition) is 5. The van der Waals surface area contributed by atoms with Crippen LogP contribution in [0.25, 0.3) is 11.0 Å². The molecule has 1 amide bonds. The van der Waals surface area contributed by atoms with E-state index in [1.54, 1.807) is 37.3 Å². The molecule has 3 aromatic rings. The quantitative estimate of drug-likeness (QED) is 0.645. The normalized spacial score (nSPS) is 16.4. The average molecular weight is 379 g/mol. The molecule has 28 heavy (non-hydrogen) atoms. The molecule has 6 nitrogen and oxygen atoms in total. The fourth-order valence-corrected chi connectivity index (χ4v) is 3.80. The van der Waals surface area contributed by atoms with Gasteiger partial charge in [0.15, 0.2) is 0 Å². The Morgan fingerprint density at radius 2 is 1.93 bits per heavy atom. The van der Waals surface area contributed by atoms with Crippen LogP contribution in [0.4, 0.5) is 0 Å². The molecule has 1 fully saturated rings. The van der Waals surface area contributed by atoms with Crippen molar-refractivity contribution in [1.29, 1.82) is 0 Å². The van der Waals surface area contributed by atoms with Crippen LogP contribution in [-0.4, -0.2) is 31.6 Å². The number of ether oxygens (including phenoxy) is 2. The minimum atomic E-state index is -0.619. The zero-order chi connectivity index (χ0) is 19.7. The second-order valence-electron chi connectivity index (χ2n) is 6.75.